The van der Waals surface area contributed by atoms with E-state index < -0.39 is 0 Å². The van der Waals surface area contributed by atoms with Crippen LogP contribution >= 0.6 is 0 Å². The first kappa shape index (κ1) is 21.2. The van der Waals surface area contributed by atoms with Crippen molar-refractivity contribution in [2.24, 2.45) is 0 Å². The molecule has 0 atom stereocenters. The van der Waals surface area contributed by atoms with Crippen molar-refractivity contribution in [2.45, 2.75) is 19.8 Å². The standard InChI is InChI=1S/C26H27NO3/c1-20(2)19-30-24-15-13-22(14-16-24)26(28)27-23-11-6-12-25(18-23)29-17-7-10-21-8-4-3-5-9-21/h3-6,8-9,11-16,18H,1,7,10,17,19H2,2H3,(H,27,28). The van der Waals surface area contributed by atoms with E-state index in [-0.39, 0.29) is 5.91 Å². The number of benzene rings is 3. The molecule has 3 aromatic carbocycles. The minimum absolute atomic E-state index is 0.178. The molecule has 0 radical (unpaired) electrons. The van der Waals surface area contributed by atoms with E-state index in [0.29, 0.717) is 30.2 Å². The maximum atomic E-state index is 12.5. The largest absolute Gasteiger partial charge is 0.494 e. The van der Waals surface area contributed by atoms with E-state index in [4.69, 9.17) is 9.47 Å². The first-order valence-corrected chi connectivity index (χ1v) is 10.1. The number of ether oxygens (including phenoxy) is 2. The van der Waals surface area contributed by atoms with Crippen LogP contribution in [0.4, 0.5) is 5.69 Å². The Bertz CT molecular complexity index is 965. The summed E-state index contributed by atoms with van der Waals surface area (Å²) in [5.74, 6) is 1.27. The summed E-state index contributed by atoms with van der Waals surface area (Å²) in [6.07, 6.45) is 1.91. The molecule has 0 aliphatic heterocycles. The highest BCUT2D eigenvalue weighted by atomic mass is 16.5. The quantitative estimate of drug-likeness (QED) is 0.340. The van der Waals surface area contributed by atoms with E-state index in [1.807, 2.05) is 49.4 Å². The number of rotatable bonds is 10. The minimum atomic E-state index is -0.178. The fraction of sp³-hybridized carbons (Fsp3) is 0.192. The molecule has 0 aliphatic rings. The second-order valence-electron chi connectivity index (χ2n) is 7.19. The van der Waals surface area contributed by atoms with Crippen molar-refractivity contribution < 1.29 is 14.3 Å². The molecule has 0 unspecified atom stereocenters. The first-order valence-electron chi connectivity index (χ1n) is 10.1. The molecule has 0 fully saturated rings. The number of hydrogen-bond acceptors (Lipinski definition) is 3. The van der Waals surface area contributed by atoms with Crippen LogP contribution in [0.1, 0.15) is 29.3 Å². The molecule has 0 heterocycles. The molecular weight excluding hydrogens is 374 g/mol. The number of aryl methyl sites for hydroxylation is 1. The maximum Gasteiger partial charge on any atom is 0.255 e. The molecule has 1 amide bonds. The lowest BCUT2D eigenvalue weighted by Gasteiger charge is -2.10. The van der Waals surface area contributed by atoms with Crippen LogP contribution in [-0.4, -0.2) is 19.1 Å². The zero-order valence-electron chi connectivity index (χ0n) is 17.3. The Hall–Kier alpha value is -3.53. The molecule has 0 aliphatic carbocycles. The summed E-state index contributed by atoms with van der Waals surface area (Å²) in [5, 5.41) is 2.91. The topological polar surface area (TPSA) is 47.6 Å². The average molecular weight is 402 g/mol. The maximum absolute atomic E-state index is 12.5. The first-order chi connectivity index (χ1) is 14.6. The minimum Gasteiger partial charge on any atom is -0.494 e. The van der Waals surface area contributed by atoms with Crippen molar-refractivity contribution >= 4 is 11.6 Å². The molecule has 3 rings (SSSR count). The van der Waals surface area contributed by atoms with Crippen molar-refractivity contribution in [1.82, 2.24) is 0 Å². The highest BCUT2D eigenvalue weighted by molar-refractivity contribution is 6.04. The van der Waals surface area contributed by atoms with Crippen molar-refractivity contribution in [3.8, 4) is 11.5 Å². The molecule has 3 aromatic rings. The summed E-state index contributed by atoms with van der Waals surface area (Å²) in [6.45, 7) is 6.80. The number of carbonyl (C=O) groups excluding carboxylic acids is 1. The highest BCUT2D eigenvalue weighted by Crippen LogP contribution is 2.19. The van der Waals surface area contributed by atoms with Gasteiger partial charge in [0, 0.05) is 17.3 Å². The Balaban J connectivity index is 1.49. The Morgan fingerprint density at radius 3 is 2.40 bits per heavy atom. The zero-order valence-corrected chi connectivity index (χ0v) is 17.3. The normalized spacial score (nSPS) is 10.3. The van der Waals surface area contributed by atoms with E-state index in [1.54, 1.807) is 24.3 Å². The van der Waals surface area contributed by atoms with Crippen molar-refractivity contribution in [1.29, 1.82) is 0 Å². The number of hydrogen-bond donors (Lipinski definition) is 1. The van der Waals surface area contributed by atoms with E-state index in [2.05, 4.69) is 24.0 Å². The Morgan fingerprint density at radius 1 is 0.900 bits per heavy atom. The smallest absolute Gasteiger partial charge is 0.255 e. The summed E-state index contributed by atoms with van der Waals surface area (Å²) in [7, 11) is 0. The van der Waals surface area contributed by atoms with Crippen LogP contribution in [0.2, 0.25) is 0 Å². The summed E-state index contributed by atoms with van der Waals surface area (Å²) in [5.41, 5.74) is 3.51. The second-order valence-corrected chi connectivity index (χ2v) is 7.19. The molecule has 30 heavy (non-hydrogen) atoms. The number of carbonyl (C=O) groups is 1. The summed E-state index contributed by atoms with van der Waals surface area (Å²) in [6, 6.07) is 24.9. The molecular formula is C26H27NO3. The molecule has 1 N–H and O–H groups in total. The van der Waals surface area contributed by atoms with E-state index >= 15 is 0 Å². The van der Waals surface area contributed by atoms with E-state index in [1.165, 1.54) is 5.56 Å². The van der Waals surface area contributed by atoms with E-state index in [9.17, 15) is 4.79 Å². The molecule has 0 saturated carbocycles. The molecule has 0 spiro atoms. The predicted molar refractivity (Wildman–Crippen MR) is 121 cm³/mol. The molecule has 154 valence electrons. The van der Waals surface area contributed by atoms with Crippen LogP contribution in [0.3, 0.4) is 0 Å². The van der Waals surface area contributed by atoms with Gasteiger partial charge in [-0.15, -0.1) is 0 Å². The van der Waals surface area contributed by atoms with Gasteiger partial charge in [0.1, 0.15) is 18.1 Å². The van der Waals surface area contributed by atoms with Crippen LogP contribution < -0.4 is 14.8 Å². The van der Waals surface area contributed by atoms with Crippen LogP contribution in [0.25, 0.3) is 0 Å². The van der Waals surface area contributed by atoms with Gasteiger partial charge < -0.3 is 14.8 Å². The highest BCUT2D eigenvalue weighted by Gasteiger charge is 2.07. The van der Waals surface area contributed by atoms with Gasteiger partial charge in [-0.2, -0.15) is 0 Å². The zero-order chi connectivity index (χ0) is 21.2. The second kappa shape index (κ2) is 10.9. The molecule has 0 saturated heterocycles. The molecule has 0 aromatic heterocycles. The third kappa shape index (κ3) is 6.82. The van der Waals surface area contributed by atoms with Crippen LogP contribution in [0.5, 0.6) is 11.5 Å². The summed E-state index contributed by atoms with van der Waals surface area (Å²) in [4.78, 5) is 12.5. The van der Waals surface area contributed by atoms with Gasteiger partial charge in [0.25, 0.3) is 5.91 Å². The number of amides is 1. The fourth-order valence-corrected chi connectivity index (χ4v) is 2.89. The van der Waals surface area contributed by atoms with Gasteiger partial charge in [-0.1, -0.05) is 43.0 Å². The third-order valence-corrected chi connectivity index (χ3v) is 4.41. The molecule has 4 nitrogen and oxygen atoms in total. The lowest BCUT2D eigenvalue weighted by Crippen LogP contribution is -2.12. The predicted octanol–water partition coefficient (Wildman–Crippen LogP) is 5.91. The van der Waals surface area contributed by atoms with Gasteiger partial charge in [0.15, 0.2) is 0 Å². The van der Waals surface area contributed by atoms with Gasteiger partial charge in [-0.05, 0) is 67.3 Å². The average Bonchev–Trinajstić information content (AvgIpc) is 2.76. The monoisotopic (exact) mass is 401 g/mol. The summed E-state index contributed by atoms with van der Waals surface area (Å²) < 4.78 is 11.4. The van der Waals surface area contributed by atoms with Gasteiger partial charge in [-0.25, -0.2) is 0 Å². The van der Waals surface area contributed by atoms with Gasteiger partial charge in [0.2, 0.25) is 0 Å². The summed E-state index contributed by atoms with van der Waals surface area (Å²) >= 11 is 0. The Morgan fingerprint density at radius 2 is 1.67 bits per heavy atom. The van der Waals surface area contributed by atoms with Crippen molar-refractivity contribution in [3.63, 3.8) is 0 Å². The van der Waals surface area contributed by atoms with Crippen LogP contribution in [0.15, 0.2) is 91.0 Å². The van der Waals surface area contributed by atoms with Gasteiger partial charge in [-0.3, -0.25) is 4.79 Å². The van der Waals surface area contributed by atoms with Gasteiger partial charge >= 0.3 is 0 Å². The van der Waals surface area contributed by atoms with Crippen molar-refractivity contribution in [2.75, 3.05) is 18.5 Å². The SMILES string of the molecule is C=C(C)COc1ccc(C(=O)Nc2cccc(OCCCc3ccccc3)c2)cc1. The number of nitrogens with one attached hydrogen (secondary N) is 1. The lowest BCUT2D eigenvalue weighted by molar-refractivity contribution is 0.102. The van der Waals surface area contributed by atoms with E-state index in [0.717, 1.165) is 24.2 Å². The Labute approximate surface area is 178 Å². The van der Waals surface area contributed by atoms with Crippen LogP contribution in [0, 0.1) is 0 Å². The Kier molecular flexibility index (Phi) is 7.67. The van der Waals surface area contributed by atoms with Gasteiger partial charge in [0.05, 0.1) is 6.61 Å². The number of anilines is 1. The lowest BCUT2D eigenvalue weighted by atomic mass is 10.1. The third-order valence-electron chi connectivity index (χ3n) is 4.41. The molecule has 0 bridgehead atoms. The van der Waals surface area contributed by atoms with Crippen LogP contribution in [-0.2, 0) is 6.42 Å². The molecule has 4 heteroatoms. The fourth-order valence-electron chi connectivity index (χ4n) is 2.89. The van der Waals surface area contributed by atoms with Crippen molar-refractivity contribution in [3.05, 3.63) is 102 Å².